The van der Waals surface area contributed by atoms with Crippen molar-refractivity contribution in [3.05, 3.63) is 51.8 Å². The highest BCUT2D eigenvalue weighted by Gasteiger charge is 2.61. The number of amides is 1. The number of halogens is 6. The molecule has 1 aliphatic carbocycles. The van der Waals surface area contributed by atoms with E-state index in [4.69, 9.17) is 17.3 Å². The summed E-state index contributed by atoms with van der Waals surface area (Å²) < 4.78 is 66.6. The summed E-state index contributed by atoms with van der Waals surface area (Å²) in [6, 6.07) is 4.67. The summed E-state index contributed by atoms with van der Waals surface area (Å²) in [7, 11) is 1.20. The van der Waals surface area contributed by atoms with Gasteiger partial charge in [0.25, 0.3) is 5.91 Å². The van der Waals surface area contributed by atoms with E-state index in [-0.39, 0.29) is 33.9 Å². The number of hydrogen-bond donors (Lipinski definition) is 2. The fourth-order valence-electron chi connectivity index (χ4n) is 2.95. The van der Waals surface area contributed by atoms with Crippen molar-refractivity contribution in [2.45, 2.75) is 37.9 Å². The first-order valence-electron chi connectivity index (χ1n) is 9.42. The number of nitrogens with one attached hydrogen (secondary N) is 1. The zero-order valence-corrected chi connectivity index (χ0v) is 17.7. The molecule has 12 heteroatoms. The monoisotopic (exact) mass is 475 g/mol. The zero-order valence-electron chi connectivity index (χ0n) is 17.0. The van der Waals surface area contributed by atoms with Crippen LogP contribution in [0.2, 0.25) is 5.02 Å². The first kappa shape index (κ1) is 23.7. The van der Waals surface area contributed by atoms with Gasteiger partial charge in [-0.05, 0) is 37.5 Å². The molecular weight excluding hydrogens is 457 g/mol. The molecule has 0 unspecified atom stereocenters. The van der Waals surface area contributed by atoms with E-state index in [0.29, 0.717) is 5.56 Å². The highest BCUT2D eigenvalue weighted by Crippen LogP contribution is 2.45. The van der Waals surface area contributed by atoms with E-state index in [1.165, 1.54) is 25.4 Å². The standard InChI is InChI=1S/C20H19ClF5N5O/c1-10-16(19(22,23)20(24,25)26)30-31(2)17(10)28-9-12(8-27)11-3-6-15(21)14(7-11)18(32)29-13-4-5-13/h3,6-9,13H,4-5,27H2,1-2H3,(H,29,32). The molecule has 1 heterocycles. The van der Waals surface area contributed by atoms with Gasteiger partial charge in [-0.25, -0.2) is 4.99 Å². The third-order valence-corrected chi connectivity index (χ3v) is 5.19. The van der Waals surface area contributed by atoms with Crippen LogP contribution in [0.1, 0.15) is 40.0 Å². The predicted molar refractivity (Wildman–Crippen MR) is 110 cm³/mol. The van der Waals surface area contributed by atoms with Crippen molar-refractivity contribution in [3.63, 3.8) is 0 Å². The molecule has 0 aliphatic heterocycles. The van der Waals surface area contributed by atoms with Crippen molar-refractivity contribution in [2.75, 3.05) is 0 Å². The second kappa shape index (κ2) is 8.53. The molecule has 3 N–H and O–H groups in total. The topological polar surface area (TPSA) is 85.3 Å². The van der Waals surface area contributed by atoms with Crippen LogP contribution in [0, 0.1) is 6.92 Å². The van der Waals surface area contributed by atoms with E-state index in [0.717, 1.165) is 30.6 Å². The van der Waals surface area contributed by atoms with Gasteiger partial charge in [0.1, 0.15) is 5.69 Å². The van der Waals surface area contributed by atoms with Gasteiger partial charge in [-0.1, -0.05) is 17.7 Å². The fourth-order valence-corrected chi connectivity index (χ4v) is 3.15. The number of nitrogens with zero attached hydrogens (tertiary/aromatic N) is 3. The Kier molecular flexibility index (Phi) is 6.32. The van der Waals surface area contributed by atoms with Crippen molar-refractivity contribution in [3.8, 4) is 0 Å². The van der Waals surface area contributed by atoms with E-state index < -0.39 is 23.4 Å². The molecular formula is C20H19ClF5N5O. The second-order valence-electron chi connectivity index (χ2n) is 7.32. The van der Waals surface area contributed by atoms with E-state index in [1.54, 1.807) is 6.07 Å². The molecule has 1 saturated carbocycles. The molecule has 0 atom stereocenters. The highest BCUT2D eigenvalue weighted by atomic mass is 35.5. The first-order valence-corrected chi connectivity index (χ1v) is 9.80. The van der Waals surface area contributed by atoms with Gasteiger partial charge in [-0.2, -0.15) is 27.1 Å². The lowest BCUT2D eigenvalue weighted by molar-refractivity contribution is -0.291. The summed E-state index contributed by atoms with van der Waals surface area (Å²) in [5.74, 6) is -5.69. The summed E-state index contributed by atoms with van der Waals surface area (Å²) in [6.45, 7) is 1.07. The maximum atomic E-state index is 13.8. The molecule has 1 aromatic carbocycles. The fraction of sp³-hybridized carbons (Fsp3) is 0.350. The number of hydrogen-bond acceptors (Lipinski definition) is 4. The van der Waals surface area contributed by atoms with Gasteiger partial charge in [-0.3, -0.25) is 9.48 Å². The SMILES string of the molecule is Cc1c(C(F)(F)C(F)(F)F)nn(C)c1N=CC(=CN)c1ccc(Cl)c(C(=O)NC2CC2)c1. The summed E-state index contributed by atoms with van der Waals surface area (Å²) >= 11 is 6.12. The van der Waals surface area contributed by atoms with Crippen molar-refractivity contribution >= 4 is 35.1 Å². The number of carbonyl (C=O) groups is 1. The number of aromatic nitrogens is 2. The van der Waals surface area contributed by atoms with Crippen molar-refractivity contribution in [2.24, 2.45) is 17.8 Å². The Labute approximate surface area is 184 Å². The molecule has 1 aromatic heterocycles. The van der Waals surface area contributed by atoms with Gasteiger partial charge in [-0.15, -0.1) is 0 Å². The minimum absolute atomic E-state index is 0.116. The van der Waals surface area contributed by atoms with Crippen LogP contribution in [0.25, 0.3) is 5.57 Å². The largest absolute Gasteiger partial charge is 0.459 e. The summed E-state index contributed by atoms with van der Waals surface area (Å²) in [5.41, 5.74) is 4.74. The average Bonchev–Trinajstić information content (AvgIpc) is 3.47. The third kappa shape index (κ3) is 4.62. The smallest absolute Gasteiger partial charge is 0.404 e. The number of carbonyl (C=O) groups excluding carboxylic acids is 1. The Morgan fingerprint density at radius 2 is 1.97 bits per heavy atom. The molecule has 1 amide bonds. The van der Waals surface area contributed by atoms with Gasteiger partial charge in [0, 0.05) is 36.6 Å². The van der Waals surface area contributed by atoms with Gasteiger partial charge in [0.2, 0.25) is 0 Å². The molecule has 3 rings (SSSR count). The van der Waals surface area contributed by atoms with Gasteiger partial charge >= 0.3 is 12.1 Å². The Bertz CT molecular complexity index is 1100. The van der Waals surface area contributed by atoms with Gasteiger partial charge in [0.15, 0.2) is 5.82 Å². The predicted octanol–water partition coefficient (Wildman–Crippen LogP) is 4.63. The number of rotatable bonds is 6. The van der Waals surface area contributed by atoms with Gasteiger partial charge in [0.05, 0.1) is 10.6 Å². The van der Waals surface area contributed by atoms with E-state index in [9.17, 15) is 26.7 Å². The number of nitrogens with two attached hydrogens (primary N) is 1. The molecule has 172 valence electrons. The van der Waals surface area contributed by atoms with Crippen molar-refractivity contribution in [1.82, 2.24) is 15.1 Å². The molecule has 0 saturated heterocycles. The van der Waals surface area contributed by atoms with Crippen LogP contribution in [-0.4, -0.2) is 34.1 Å². The lowest BCUT2D eigenvalue weighted by Gasteiger charge is -2.17. The quantitative estimate of drug-likeness (QED) is 0.472. The summed E-state index contributed by atoms with van der Waals surface area (Å²) in [4.78, 5) is 16.4. The molecule has 1 aliphatic rings. The molecule has 32 heavy (non-hydrogen) atoms. The minimum atomic E-state index is -5.80. The zero-order chi connectivity index (χ0) is 23.8. The Hall–Kier alpha value is -2.95. The minimum Gasteiger partial charge on any atom is -0.404 e. The van der Waals surface area contributed by atoms with Crippen LogP contribution >= 0.6 is 11.6 Å². The van der Waals surface area contributed by atoms with Crippen LogP contribution in [0.5, 0.6) is 0 Å². The van der Waals surface area contributed by atoms with Gasteiger partial charge < -0.3 is 11.1 Å². The number of allylic oxidation sites excluding steroid dienone is 1. The van der Waals surface area contributed by atoms with E-state index in [2.05, 4.69) is 15.4 Å². The normalized spacial score (nSPS) is 15.4. The lowest BCUT2D eigenvalue weighted by atomic mass is 10.0. The molecule has 0 spiro atoms. The van der Waals surface area contributed by atoms with Crippen LogP contribution in [-0.2, 0) is 13.0 Å². The molecule has 6 nitrogen and oxygen atoms in total. The van der Waals surface area contributed by atoms with E-state index in [1.807, 2.05) is 0 Å². The highest BCUT2D eigenvalue weighted by molar-refractivity contribution is 6.34. The van der Waals surface area contributed by atoms with E-state index >= 15 is 0 Å². The summed E-state index contributed by atoms with van der Waals surface area (Å²) in [5, 5.41) is 6.36. The average molecular weight is 476 g/mol. The molecule has 2 aromatic rings. The Morgan fingerprint density at radius 1 is 1.31 bits per heavy atom. The number of alkyl halides is 5. The van der Waals surface area contributed by atoms with Crippen LogP contribution in [0.15, 0.2) is 29.4 Å². The van der Waals surface area contributed by atoms with Crippen molar-refractivity contribution in [1.29, 1.82) is 0 Å². The molecule has 1 fully saturated rings. The Balaban J connectivity index is 1.92. The molecule has 0 bridgehead atoms. The maximum absolute atomic E-state index is 13.8. The number of aliphatic imine (C=N–C) groups is 1. The first-order chi connectivity index (χ1) is 14.9. The van der Waals surface area contributed by atoms with Crippen LogP contribution < -0.4 is 11.1 Å². The lowest BCUT2D eigenvalue weighted by Crippen LogP contribution is -2.34. The molecule has 0 radical (unpaired) electrons. The summed E-state index contributed by atoms with van der Waals surface area (Å²) in [6.07, 6.45) is -1.67. The number of benzene rings is 1. The second-order valence-corrected chi connectivity index (χ2v) is 7.72. The van der Waals surface area contributed by atoms with Crippen molar-refractivity contribution < 1.29 is 26.7 Å². The number of aryl methyl sites for hydroxylation is 1. The van der Waals surface area contributed by atoms with Crippen LogP contribution in [0.4, 0.5) is 27.8 Å². The third-order valence-electron chi connectivity index (χ3n) is 4.86. The van der Waals surface area contributed by atoms with Crippen LogP contribution in [0.3, 0.4) is 0 Å². The maximum Gasteiger partial charge on any atom is 0.459 e. The Morgan fingerprint density at radius 3 is 2.53 bits per heavy atom.